The fourth-order valence-corrected chi connectivity index (χ4v) is 11.9. The fourth-order valence-electron chi connectivity index (χ4n) is 7.61. The highest BCUT2D eigenvalue weighted by Crippen LogP contribution is 2.52. The number of carbonyl (C=O) groups excluding carboxylic acids is 1. The van der Waals surface area contributed by atoms with E-state index in [0.29, 0.717) is 56.2 Å². The lowest BCUT2D eigenvalue weighted by molar-refractivity contribution is -0.138. The topological polar surface area (TPSA) is 142 Å². The Morgan fingerprint density at radius 2 is 1.72 bits per heavy atom. The summed E-state index contributed by atoms with van der Waals surface area (Å²) in [7, 11) is 0. The van der Waals surface area contributed by atoms with Crippen molar-refractivity contribution < 1.29 is 24.6 Å². The molecule has 2 aliphatic heterocycles. The van der Waals surface area contributed by atoms with E-state index < -0.39 is 29.6 Å². The number of carboxylic acids is 2. The molecule has 1 saturated carbocycles. The summed E-state index contributed by atoms with van der Waals surface area (Å²) in [5, 5.41) is 18.7. The predicted octanol–water partition coefficient (Wildman–Crippen LogP) is 5.48. The third-order valence-corrected chi connectivity index (χ3v) is 14.8. The van der Waals surface area contributed by atoms with Crippen molar-refractivity contribution in [3.63, 3.8) is 0 Å². The van der Waals surface area contributed by atoms with Crippen LogP contribution in [0.4, 0.5) is 11.4 Å². The predicted molar refractivity (Wildman–Crippen MR) is 220 cm³/mol. The van der Waals surface area contributed by atoms with E-state index >= 15 is 0 Å². The Morgan fingerprint density at radius 3 is 2.43 bits per heavy atom. The Morgan fingerprint density at radius 1 is 0.944 bits per heavy atom. The molecule has 1 aliphatic carbocycles. The number of unbranched alkanes of at least 4 members (excludes halogenated alkanes) is 2. The van der Waals surface area contributed by atoms with Gasteiger partial charge in [0.15, 0.2) is 0 Å². The molecule has 54 heavy (non-hydrogen) atoms. The molecule has 1 saturated heterocycles. The van der Waals surface area contributed by atoms with Crippen molar-refractivity contribution in [1.82, 2.24) is 14.0 Å². The molecule has 2 aromatic carbocycles. The van der Waals surface area contributed by atoms with Gasteiger partial charge in [0.25, 0.3) is 17.0 Å². The number of aromatic nitrogens is 2. The van der Waals surface area contributed by atoms with Crippen LogP contribution in [0, 0.1) is 9.20 Å². The van der Waals surface area contributed by atoms with Crippen LogP contribution < -0.4 is 25.2 Å². The molecule has 1 amide bonds. The van der Waals surface area contributed by atoms with E-state index in [4.69, 9.17) is 17.3 Å². The summed E-state index contributed by atoms with van der Waals surface area (Å²) in [6.07, 6.45) is 8.90. The van der Waals surface area contributed by atoms with Gasteiger partial charge >= 0.3 is 11.9 Å². The first-order valence-corrected chi connectivity index (χ1v) is 21.8. The van der Waals surface area contributed by atoms with Crippen molar-refractivity contribution in [3.05, 3.63) is 92.7 Å². The SMILES string of the molecule is CCn1c(=O)/c(=c2\s/c(=C\c3ccc4c(c3)C3CCCC3N4c3ccc(SC)cc3)c(=O)n2CC(=O)O)s/c1=C1/SC(=S)N(CCCCCC(=O)O)C1=O. The number of thiocarbonyl (C=S) groups is 1. The fraction of sp³-hybridized carbons (Fsp3) is 0.368. The minimum Gasteiger partial charge on any atom is -0.481 e. The minimum absolute atomic E-state index is 0.0570. The van der Waals surface area contributed by atoms with Crippen molar-refractivity contribution in [2.75, 3.05) is 17.7 Å². The van der Waals surface area contributed by atoms with Crippen molar-refractivity contribution in [1.29, 1.82) is 0 Å². The van der Waals surface area contributed by atoms with Gasteiger partial charge in [-0.3, -0.25) is 38.0 Å². The van der Waals surface area contributed by atoms with Gasteiger partial charge in [-0.2, -0.15) is 0 Å². The number of thiazole rings is 2. The number of carboxylic acid groups (broad SMARTS) is 2. The third-order valence-electron chi connectivity index (χ3n) is 10.1. The summed E-state index contributed by atoms with van der Waals surface area (Å²) >= 11 is 10.5. The average Bonchev–Trinajstić information content (AvgIpc) is 3.94. The lowest BCUT2D eigenvalue weighted by atomic mass is 9.96. The molecule has 282 valence electrons. The standard InChI is InChI=1S/C38H38N4O7S5/c1-3-39-34(48)31(53-36(39)32-35(49)40(38(50)54-32)17-6-4-5-10-29(43)44)37-41(20-30(45)46)33(47)28(52-37)19-21-11-16-27-25(18-21)24-8-7-9-26(24)42(27)22-12-14-23(51-2)15-13-22/h11-16,18-19,24,26H,3-10,17,20H2,1-2H3,(H,43,44)(H,45,46)/b28-19-,36-32+,37-31+. The van der Waals surface area contributed by atoms with Gasteiger partial charge in [0.1, 0.15) is 29.6 Å². The molecule has 2 atom stereocenters. The van der Waals surface area contributed by atoms with E-state index in [1.54, 1.807) is 24.8 Å². The maximum atomic E-state index is 14.0. The zero-order valence-corrected chi connectivity index (χ0v) is 33.7. The largest absolute Gasteiger partial charge is 0.481 e. The summed E-state index contributed by atoms with van der Waals surface area (Å²) in [5.74, 6) is -2.05. The van der Waals surface area contributed by atoms with Gasteiger partial charge in [-0.25, -0.2) is 0 Å². The summed E-state index contributed by atoms with van der Waals surface area (Å²) in [5.41, 5.74) is 3.46. The van der Waals surface area contributed by atoms with E-state index in [1.165, 1.54) is 19.9 Å². The second-order valence-corrected chi connectivity index (χ2v) is 17.9. The van der Waals surface area contributed by atoms with Crippen LogP contribution in [-0.2, 0) is 27.5 Å². The number of aliphatic carboxylic acids is 2. The van der Waals surface area contributed by atoms with Gasteiger partial charge in [-0.1, -0.05) is 42.9 Å². The van der Waals surface area contributed by atoms with E-state index in [9.17, 15) is 29.1 Å². The highest BCUT2D eigenvalue weighted by atomic mass is 32.2. The van der Waals surface area contributed by atoms with Crippen LogP contribution in [0.3, 0.4) is 0 Å². The Labute approximate surface area is 331 Å². The molecule has 16 heteroatoms. The second-order valence-electron chi connectivity index (χ2n) is 13.3. The van der Waals surface area contributed by atoms with Crippen LogP contribution in [0.15, 0.2) is 56.9 Å². The van der Waals surface area contributed by atoms with Crippen LogP contribution >= 0.6 is 58.4 Å². The first-order chi connectivity index (χ1) is 26.0. The molecular weight excluding hydrogens is 785 g/mol. The number of benzene rings is 2. The maximum absolute atomic E-state index is 14.0. The van der Waals surface area contributed by atoms with Crippen LogP contribution in [-0.4, -0.2) is 65.3 Å². The summed E-state index contributed by atoms with van der Waals surface area (Å²) in [4.78, 5) is 69.8. The Balaban J connectivity index is 1.31. The monoisotopic (exact) mass is 822 g/mol. The highest BCUT2D eigenvalue weighted by Gasteiger charge is 2.42. The van der Waals surface area contributed by atoms with Crippen LogP contribution in [0.5, 0.6) is 0 Å². The molecule has 0 radical (unpaired) electrons. The number of hydrogen-bond donors (Lipinski definition) is 2. The van der Waals surface area contributed by atoms with Gasteiger partial charge in [0.2, 0.25) is 0 Å². The normalized spacial score (nSPS) is 19.9. The van der Waals surface area contributed by atoms with Crippen LogP contribution in [0.25, 0.3) is 11.0 Å². The second kappa shape index (κ2) is 16.0. The maximum Gasteiger partial charge on any atom is 0.323 e. The molecule has 0 spiro atoms. The quantitative estimate of drug-likeness (QED) is 0.107. The summed E-state index contributed by atoms with van der Waals surface area (Å²) in [6.45, 7) is 1.73. The Kier molecular flexibility index (Phi) is 11.4. The zero-order chi connectivity index (χ0) is 38.3. The Hall–Kier alpha value is -3.96. The molecule has 0 bridgehead atoms. The first kappa shape index (κ1) is 38.3. The van der Waals surface area contributed by atoms with Crippen molar-refractivity contribution >= 4 is 103 Å². The minimum atomic E-state index is -1.22. The molecule has 2 N–H and O–H groups in total. The molecule has 7 rings (SSSR count). The molecule has 3 aliphatic rings. The zero-order valence-electron chi connectivity index (χ0n) is 29.6. The molecule has 4 aromatic rings. The lowest BCUT2D eigenvalue weighted by Crippen LogP contribution is -2.32. The van der Waals surface area contributed by atoms with E-state index in [2.05, 4.69) is 47.6 Å². The number of carbonyl (C=O) groups is 3. The summed E-state index contributed by atoms with van der Waals surface area (Å²) < 4.78 is 4.07. The molecular formula is C38H38N4O7S5. The third kappa shape index (κ3) is 7.26. The van der Waals surface area contributed by atoms with Crippen molar-refractivity contribution in [2.24, 2.45) is 0 Å². The van der Waals surface area contributed by atoms with E-state index in [1.807, 2.05) is 6.07 Å². The van der Waals surface area contributed by atoms with Crippen molar-refractivity contribution in [2.45, 2.75) is 81.8 Å². The Bertz CT molecular complexity index is 2520. The van der Waals surface area contributed by atoms with Gasteiger partial charge < -0.3 is 15.1 Å². The molecule has 11 nitrogen and oxygen atoms in total. The highest BCUT2D eigenvalue weighted by molar-refractivity contribution is 8.30. The van der Waals surface area contributed by atoms with Crippen LogP contribution in [0.1, 0.15) is 68.9 Å². The molecule has 2 fully saturated rings. The van der Waals surface area contributed by atoms with Gasteiger partial charge in [0, 0.05) is 47.7 Å². The average molecular weight is 823 g/mol. The molecule has 2 aromatic heterocycles. The number of fused-ring (bicyclic) bond motifs is 3. The molecule has 4 heterocycles. The number of thioether (sulfide) groups is 2. The van der Waals surface area contributed by atoms with Gasteiger partial charge in [-0.05, 0) is 92.5 Å². The van der Waals surface area contributed by atoms with Gasteiger partial charge in [-0.15, -0.1) is 34.4 Å². The number of hydrogen-bond acceptors (Lipinski definition) is 11. The summed E-state index contributed by atoms with van der Waals surface area (Å²) in [6, 6.07) is 15.2. The smallest absolute Gasteiger partial charge is 0.323 e. The van der Waals surface area contributed by atoms with Gasteiger partial charge in [0.05, 0.1) is 4.53 Å². The van der Waals surface area contributed by atoms with Crippen LogP contribution in [0.2, 0.25) is 0 Å². The number of nitrogens with zero attached hydrogens (tertiary/aromatic N) is 4. The first-order valence-electron chi connectivity index (χ1n) is 17.7. The molecule has 2 unspecified atom stereocenters. The van der Waals surface area contributed by atoms with Crippen molar-refractivity contribution in [3.8, 4) is 0 Å². The van der Waals surface area contributed by atoms with E-state index in [-0.39, 0.29) is 28.1 Å². The lowest BCUT2D eigenvalue weighted by Gasteiger charge is -2.27. The number of rotatable bonds is 12. The number of anilines is 2. The van der Waals surface area contributed by atoms with E-state index in [0.717, 1.165) is 75.2 Å². The number of amides is 1.